The van der Waals surface area contributed by atoms with Gasteiger partial charge in [0.05, 0.1) is 11.4 Å². The van der Waals surface area contributed by atoms with Gasteiger partial charge < -0.3 is 0 Å². The highest BCUT2D eigenvalue weighted by Gasteiger charge is 2.32. The first-order chi connectivity index (χ1) is 12.2. The summed E-state index contributed by atoms with van der Waals surface area (Å²) >= 11 is 0. The predicted molar refractivity (Wildman–Crippen MR) is 100.0 cm³/mol. The van der Waals surface area contributed by atoms with Crippen LogP contribution in [0.5, 0.6) is 0 Å². The molecule has 6 nitrogen and oxygen atoms in total. The summed E-state index contributed by atoms with van der Waals surface area (Å²) in [6, 6.07) is 5.45. The number of aryl methyl sites for hydroxylation is 3. The monoisotopic (exact) mass is 375 g/mol. The molecular formula is C19H25N3O3S. The second-order valence-corrected chi connectivity index (χ2v) is 8.86. The Bertz CT molecular complexity index is 955. The molecule has 1 saturated heterocycles. The van der Waals surface area contributed by atoms with Crippen molar-refractivity contribution in [3.63, 3.8) is 0 Å². The Hall–Kier alpha value is -1.99. The van der Waals surface area contributed by atoms with Crippen LogP contribution in [0.25, 0.3) is 0 Å². The van der Waals surface area contributed by atoms with E-state index in [0.29, 0.717) is 30.0 Å². The maximum absolute atomic E-state index is 13.1. The molecule has 26 heavy (non-hydrogen) atoms. The summed E-state index contributed by atoms with van der Waals surface area (Å²) in [7, 11) is -3.64. The van der Waals surface area contributed by atoms with Gasteiger partial charge in [-0.3, -0.25) is 4.79 Å². The first kappa shape index (κ1) is 18.8. The maximum atomic E-state index is 13.1. The molecule has 0 radical (unpaired) electrons. The number of carbonyl (C=O) groups excluding carboxylic acids is 1. The van der Waals surface area contributed by atoms with E-state index in [4.69, 9.17) is 0 Å². The number of aromatic nitrogens is 2. The number of hydrogen-bond donors (Lipinski definition) is 0. The summed E-state index contributed by atoms with van der Waals surface area (Å²) in [5.74, 6) is -0.311. The molecule has 7 heteroatoms. The van der Waals surface area contributed by atoms with E-state index in [0.717, 1.165) is 30.4 Å². The number of benzene rings is 1. The second kappa shape index (κ2) is 6.96. The number of carbonyl (C=O) groups is 1. The molecule has 2 heterocycles. The van der Waals surface area contributed by atoms with Gasteiger partial charge in [0.25, 0.3) is 5.91 Å². The van der Waals surface area contributed by atoms with Gasteiger partial charge in [-0.05, 0) is 63.8 Å². The topological polar surface area (TPSA) is 72.3 Å². The fourth-order valence-electron chi connectivity index (χ4n) is 3.43. The lowest BCUT2D eigenvalue weighted by molar-refractivity contribution is 0.0942. The number of nitrogens with zero attached hydrogens (tertiary/aromatic N) is 3. The van der Waals surface area contributed by atoms with E-state index in [2.05, 4.69) is 5.10 Å². The number of rotatable bonds is 3. The van der Waals surface area contributed by atoms with Crippen molar-refractivity contribution in [3.05, 3.63) is 46.3 Å². The van der Waals surface area contributed by atoms with E-state index >= 15 is 0 Å². The molecule has 1 aromatic heterocycles. The second-order valence-electron chi connectivity index (χ2n) is 6.98. The average Bonchev–Trinajstić information content (AvgIpc) is 2.92. The zero-order chi connectivity index (χ0) is 19.1. The minimum absolute atomic E-state index is 0.164. The molecular weight excluding hydrogens is 350 g/mol. The van der Waals surface area contributed by atoms with Crippen molar-refractivity contribution in [2.24, 2.45) is 0 Å². The van der Waals surface area contributed by atoms with Crippen molar-refractivity contribution in [1.82, 2.24) is 14.1 Å². The molecule has 2 aromatic rings. The van der Waals surface area contributed by atoms with Crippen LogP contribution in [-0.2, 0) is 10.0 Å². The van der Waals surface area contributed by atoms with E-state index in [1.165, 1.54) is 8.99 Å². The molecule has 0 amide bonds. The molecule has 1 aromatic carbocycles. The Morgan fingerprint density at radius 3 is 2.27 bits per heavy atom. The number of piperidine rings is 1. The van der Waals surface area contributed by atoms with Crippen molar-refractivity contribution in [2.45, 2.75) is 51.9 Å². The maximum Gasteiger partial charge on any atom is 0.278 e. The first-order valence-electron chi connectivity index (χ1n) is 8.92. The highest BCUT2D eigenvalue weighted by molar-refractivity contribution is 7.89. The number of sulfonamides is 1. The summed E-state index contributed by atoms with van der Waals surface area (Å²) < 4.78 is 28.9. The standard InChI is InChI=1S/C19H25N3O3S/c1-13-8-9-17(12-14(13)2)19(23)22-16(4)18(15(3)20-22)26(24,25)21-10-6-5-7-11-21/h8-9,12H,5-7,10-11H2,1-4H3. The third-order valence-corrected chi connectivity index (χ3v) is 7.24. The van der Waals surface area contributed by atoms with Crippen LogP contribution in [0.2, 0.25) is 0 Å². The van der Waals surface area contributed by atoms with Crippen LogP contribution in [0.1, 0.15) is 52.1 Å². The summed E-state index contributed by atoms with van der Waals surface area (Å²) in [6.07, 6.45) is 2.79. The fraction of sp³-hybridized carbons (Fsp3) is 0.474. The van der Waals surface area contributed by atoms with Crippen molar-refractivity contribution >= 4 is 15.9 Å². The zero-order valence-electron chi connectivity index (χ0n) is 15.7. The summed E-state index contributed by atoms with van der Waals surface area (Å²) in [4.78, 5) is 13.1. The minimum atomic E-state index is -3.64. The predicted octanol–water partition coefficient (Wildman–Crippen LogP) is 2.98. The van der Waals surface area contributed by atoms with Gasteiger partial charge in [-0.25, -0.2) is 8.42 Å². The van der Waals surface area contributed by atoms with Crippen molar-refractivity contribution < 1.29 is 13.2 Å². The lowest BCUT2D eigenvalue weighted by Crippen LogP contribution is -2.36. The van der Waals surface area contributed by atoms with E-state index in [-0.39, 0.29) is 10.8 Å². The van der Waals surface area contributed by atoms with Gasteiger partial charge in [-0.15, -0.1) is 0 Å². The van der Waals surface area contributed by atoms with Crippen LogP contribution in [0.15, 0.2) is 23.1 Å². The van der Waals surface area contributed by atoms with E-state index in [1.54, 1.807) is 19.9 Å². The van der Waals surface area contributed by atoms with Gasteiger partial charge in [0.1, 0.15) is 4.90 Å². The van der Waals surface area contributed by atoms with Gasteiger partial charge >= 0.3 is 0 Å². The van der Waals surface area contributed by atoms with Crippen LogP contribution in [0.4, 0.5) is 0 Å². The van der Waals surface area contributed by atoms with Gasteiger partial charge in [0, 0.05) is 18.7 Å². The van der Waals surface area contributed by atoms with Crippen molar-refractivity contribution in [1.29, 1.82) is 0 Å². The molecule has 0 unspecified atom stereocenters. The number of hydrogen-bond acceptors (Lipinski definition) is 4. The third kappa shape index (κ3) is 3.21. The van der Waals surface area contributed by atoms with Crippen molar-refractivity contribution in [3.8, 4) is 0 Å². The Kier molecular flexibility index (Phi) is 5.03. The van der Waals surface area contributed by atoms with Gasteiger partial charge in [-0.1, -0.05) is 12.5 Å². The van der Waals surface area contributed by atoms with E-state index in [9.17, 15) is 13.2 Å². The van der Waals surface area contributed by atoms with Crippen molar-refractivity contribution in [2.75, 3.05) is 13.1 Å². The molecule has 140 valence electrons. The van der Waals surface area contributed by atoms with Crippen LogP contribution >= 0.6 is 0 Å². The van der Waals surface area contributed by atoms with Gasteiger partial charge in [-0.2, -0.15) is 14.1 Å². The minimum Gasteiger partial charge on any atom is -0.267 e. The zero-order valence-corrected chi connectivity index (χ0v) is 16.6. The van der Waals surface area contributed by atoms with Gasteiger partial charge in [0.2, 0.25) is 10.0 Å². The largest absolute Gasteiger partial charge is 0.278 e. The Morgan fingerprint density at radius 2 is 1.65 bits per heavy atom. The average molecular weight is 375 g/mol. The van der Waals surface area contributed by atoms with Crippen LogP contribution < -0.4 is 0 Å². The van der Waals surface area contributed by atoms with Gasteiger partial charge in [0.15, 0.2) is 0 Å². The normalized spacial score (nSPS) is 16.0. The third-order valence-electron chi connectivity index (χ3n) is 5.08. The molecule has 0 spiro atoms. The smallest absolute Gasteiger partial charge is 0.267 e. The molecule has 0 bridgehead atoms. The van der Waals surface area contributed by atoms with Crippen LogP contribution in [0.3, 0.4) is 0 Å². The summed E-state index contributed by atoms with van der Waals surface area (Å²) in [5.41, 5.74) is 3.35. The summed E-state index contributed by atoms with van der Waals surface area (Å²) in [5, 5.41) is 4.26. The molecule has 1 fully saturated rings. The van der Waals surface area contributed by atoms with Crippen LogP contribution in [0, 0.1) is 27.7 Å². The molecule has 0 N–H and O–H groups in total. The summed E-state index contributed by atoms with van der Waals surface area (Å²) in [6.45, 7) is 8.27. The van der Waals surface area contributed by atoms with E-state index in [1.807, 2.05) is 26.0 Å². The molecule has 1 aliphatic rings. The Morgan fingerprint density at radius 1 is 1.00 bits per heavy atom. The molecule has 0 atom stereocenters. The molecule has 1 aliphatic heterocycles. The lowest BCUT2D eigenvalue weighted by Gasteiger charge is -2.25. The molecule has 0 aliphatic carbocycles. The Labute approximate surface area is 154 Å². The van der Waals surface area contributed by atoms with Crippen LogP contribution in [-0.4, -0.2) is 41.5 Å². The molecule has 0 saturated carbocycles. The SMILES string of the molecule is Cc1ccc(C(=O)n2nc(C)c(S(=O)(=O)N3CCCCC3)c2C)cc1C. The fourth-order valence-corrected chi connectivity index (χ4v) is 5.30. The van der Waals surface area contributed by atoms with E-state index < -0.39 is 10.0 Å². The molecule has 3 rings (SSSR count). The highest BCUT2D eigenvalue weighted by atomic mass is 32.2. The quantitative estimate of drug-likeness (QED) is 0.827. The Balaban J connectivity index is 2.02. The lowest BCUT2D eigenvalue weighted by atomic mass is 10.1. The first-order valence-corrected chi connectivity index (χ1v) is 10.4. The highest BCUT2D eigenvalue weighted by Crippen LogP contribution is 2.26.